The minimum atomic E-state index is -5.07. The molecule has 0 saturated heterocycles. The number of alkyl halides is 2. The van der Waals surface area contributed by atoms with E-state index in [1.165, 1.54) is 0 Å². The molecule has 0 aromatic heterocycles. The number of halogens is 2. The summed E-state index contributed by atoms with van der Waals surface area (Å²) in [5.74, 6) is 0. The first kappa shape index (κ1) is 17.2. The Balaban J connectivity index is -0.000000180. The van der Waals surface area contributed by atoms with Crippen LogP contribution in [0.4, 0.5) is 8.78 Å². The van der Waals surface area contributed by atoms with Gasteiger partial charge in [0.25, 0.3) is 0 Å². The van der Waals surface area contributed by atoms with Crippen LogP contribution in [-0.2, 0) is 4.57 Å². The quantitative estimate of drug-likeness (QED) is 0.405. The molecule has 0 rings (SSSR count). The van der Waals surface area contributed by atoms with Crippen LogP contribution in [0, 0.1) is 0 Å². The van der Waals surface area contributed by atoms with Crippen LogP contribution in [0.15, 0.2) is 0 Å². The monoisotopic (exact) mass is 180 g/mol. The van der Waals surface area contributed by atoms with Gasteiger partial charge in [0.15, 0.2) is 0 Å². The van der Waals surface area contributed by atoms with E-state index in [4.69, 9.17) is 9.79 Å². The molecule has 0 saturated carbocycles. The van der Waals surface area contributed by atoms with E-state index >= 15 is 0 Å². The molecular formula is CH5F2Na2O3P. The number of hydrogen-bond donors (Lipinski definition) is 2. The summed E-state index contributed by atoms with van der Waals surface area (Å²) in [4.78, 5) is 14.9. The molecule has 0 unspecified atom stereocenters. The van der Waals surface area contributed by atoms with E-state index in [1.807, 2.05) is 0 Å². The second-order valence-corrected chi connectivity index (χ2v) is 2.44. The van der Waals surface area contributed by atoms with Crippen molar-refractivity contribution in [1.82, 2.24) is 0 Å². The molecule has 8 heteroatoms. The van der Waals surface area contributed by atoms with Gasteiger partial charge in [-0.2, -0.15) is 8.78 Å². The van der Waals surface area contributed by atoms with Gasteiger partial charge in [0.2, 0.25) is 0 Å². The van der Waals surface area contributed by atoms with Crippen molar-refractivity contribution in [3.8, 4) is 0 Å². The van der Waals surface area contributed by atoms with Gasteiger partial charge in [-0.25, -0.2) is 0 Å². The zero-order chi connectivity index (χ0) is 6.08. The molecule has 3 nitrogen and oxygen atoms in total. The molecule has 48 valence electrons. The molecule has 0 fully saturated rings. The first-order valence-electron chi connectivity index (χ1n) is 1.28. The predicted molar refractivity (Wildman–Crippen MR) is 32.3 cm³/mol. The van der Waals surface area contributed by atoms with Crippen LogP contribution >= 0.6 is 7.60 Å². The van der Waals surface area contributed by atoms with Gasteiger partial charge in [0, 0.05) is 0 Å². The molecule has 9 heavy (non-hydrogen) atoms. The SMILES string of the molecule is O=P(O)(O)C(F)F.[NaH].[NaH]. The van der Waals surface area contributed by atoms with E-state index < -0.39 is 13.8 Å². The third-order valence-corrected chi connectivity index (χ3v) is 0.763. The van der Waals surface area contributed by atoms with Crippen molar-refractivity contribution in [3.63, 3.8) is 0 Å². The molecular weight excluding hydrogens is 175 g/mol. The second-order valence-electron chi connectivity index (χ2n) is 0.867. The van der Waals surface area contributed by atoms with Crippen LogP contribution in [0.3, 0.4) is 0 Å². The zero-order valence-corrected chi connectivity index (χ0v) is 3.98. The molecule has 0 amide bonds. The number of hydrogen-bond acceptors (Lipinski definition) is 1. The van der Waals surface area contributed by atoms with Crippen molar-refractivity contribution in [2.24, 2.45) is 0 Å². The fourth-order valence-corrected chi connectivity index (χ4v) is 0. The van der Waals surface area contributed by atoms with Crippen LogP contribution in [-0.4, -0.2) is 75.1 Å². The molecule has 0 aromatic carbocycles. The maximum absolute atomic E-state index is 10.8. The molecule has 2 N–H and O–H groups in total. The fraction of sp³-hybridized carbons (Fsp3) is 1.00. The van der Waals surface area contributed by atoms with E-state index in [-0.39, 0.29) is 59.1 Å². The average molecular weight is 180 g/mol. The number of rotatable bonds is 1. The van der Waals surface area contributed by atoms with Gasteiger partial charge < -0.3 is 9.79 Å². The standard InChI is InChI=1S/CH3F2O3P.2Na.2H/c2-1(3)7(4,5)6;;;;/h1H,(H2,4,5,6);;;;. The average Bonchev–Trinajstić information content (AvgIpc) is 1.31. The Labute approximate surface area is 94.9 Å². The van der Waals surface area contributed by atoms with Gasteiger partial charge in [-0.15, -0.1) is 0 Å². The fourth-order valence-electron chi connectivity index (χ4n) is 0. The Kier molecular flexibility index (Phi) is 12.8. The van der Waals surface area contributed by atoms with Crippen molar-refractivity contribution in [1.29, 1.82) is 0 Å². The Bertz CT molecular complexity index is 102. The van der Waals surface area contributed by atoms with Crippen LogP contribution in [0.2, 0.25) is 0 Å². The van der Waals surface area contributed by atoms with E-state index in [9.17, 15) is 13.3 Å². The Hall–Kier alpha value is 2.01. The van der Waals surface area contributed by atoms with E-state index in [0.29, 0.717) is 0 Å². The van der Waals surface area contributed by atoms with Crippen molar-refractivity contribution in [3.05, 3.63) is 0 Å². The second kappa shape index (κ2) is 6.70. The molecule has 0 aliphatic carbocycles. The first-order valence-corrected chi connectivity index (χ1v) is 2.96. The Morgan fingerprint density at radius 2 is 1.33 bits per heavy atom. The molecule has 0 aliphatic heterocycles. The van der Waals surface area contributed by atoms with E-state index in [0.717, 1.165) is 0 Å². The summed E-state index contributed by atoms with van der Waals surface area (Å²) < 4.78 is 30.8. The predicted octanol–water partition coefficient (Wildman–Crippen LogP) is -0.910. The van der Waals surface area contributed by atoms with Gasteiger partial charge in [0.05, 0.1) is 0 Å². The molecule has 0 atom stereocenters. The third-order valence-electron chi connectivity index (χ3n) is 0.254. The molecule has 0 heterocycles. The van der Waals surface area contributed by atoms with Gasteiger partial charge in [-0.1, -0.05) is 0 Å². The van der Waals surface area contributed by atoms with Crippen LogP contribution < -0.4 is 0 Å². The normalized spacial score (nSPS) is 9.89. The van der Waals surface area contributed by atoms with Crippen LogP contribution in [0.1, 0.15) is 0 Å². The Morgan fingerprint density at radius 1 is 1.22 bits per heavy atom. The molecule has 0 aromatic rings. The summed E-state index contributed by atoms with van der Waals surface area (Å²) in [6, 6.07) is 0. The molecule has 0 aliphatic rings. The first-order chi connectivity index (χ1) is 2.94. The van der Waals surface area contributed by atoms with Crippen LogP contribution in [0.5, 0.6) is 0 Å². The summed E-state index contributed by atoms with van der Waals surface area (Å²) in [6.45, 7) is 0. The van der Waals surface area contributed by atoms with Crippen molar-refractivity contribution >= 4 is 66.7 Å². The summed E-state index contributed by atoms with van der Waals surface area (Å²) in [6.07, 6.45) is -3.53. The van der Waals surface area contributed by atoms with E-state index in [1.54, 1.807) is 0 Å². The topological polar surface area (TPSA) is 57.5 Å². The molecule has 0 spiro atoms. The summed E-state index contributed by atoms with van der Waals surface area (Å²) in [5.41, 5.74) is 0. The van der Waals surface area contributed by atoms with Gasteiger partial charge in [-0.05, 0) is 0 Å². The molecule has 0 bridgehead atoms. The van der Waals surface area contributed by atoms with Gasteiger partial charge >= 0.3 is 72.9 Å². The van der Waals surface area contributed by atoms with E-state index in [2.05, 4.69) is 0 Å². The summed E-state index contributed by atoms with van der Waals surface area (Å²) in [7, 11) is -5.07. The minimum absolute atomic E-state index is 0. The molecule has 0 radical (unpaired) electrons. The summed E-state index contributed by atoms with van der Waals surface area (Å²) in [5, 5.41) is 0. The summed E-state index contributed by atoms with van der Waals surface area (Å²) >= 11 is 0. The zero-order valence-electron chi connectivity index (χ0n) is 3.08. The van der Waals surface area contributed by atoms with Crippen molar-refractivity contribution in [2.45, 2.75) is 6.17 Å². The van der Waals surface area contributed by atoms with Crippen LogP contribution in [0.25, 0.3) is 0 Å². The van der Waals surface area contributed by atoms with Crippen molar-refractivity contribution in [2.75, 3.05) is 0 Å². The maximum atomic E-state index is 10.8. The Morgan fingerprint density at radius 3 is 1.33 bits per heavy atom. The van der Waals surface area contributed by atoms with Crippen molar-refractivity contribution < 1.29 is 23.1 Å². The van der Waals surface area contributed by atoms with Gasteiger partial charge in [0.1, 0.15) is 0 Å². The third kappa shape index (κ3) is 10.0. The van der Waals surface area contributed by atoms with Gasteiger partial charge in [-0.3, -0.25) is 4.57 Å².